The molecule has 0 bridgehead atoms. The highest BCUT2D eigenvalue weighted by molar-refractivity contribution is 5.70. The highest BCUT2D eigenvalue weighted by Gasteiger charge is 1.98. The number of ether oxygens (including phenoxy) is 1. The van der Waals surface area contributed by atoms with Crippen LogP contribution >= 0.6 is 0 Å². The lowest BCUT2D eigenvalue weighted by Gasteiger charge is -2.03. The fourth-order valence-corrected chi connectivity index (χ4v) is 1.60. The van der Waals surface area contributed by atoms with E-state index in [1.807, 2.05) is 0 Å². The molecule has 0 aliphatic heterocycles. The van der Waals surface area contributed by atoms with Crippen LogP contribution in [0.25, 0.3) is 0 Å². The van der Waals surface area contributed by atoms with Crippen LogP contribution in [0, 0.1) is 0 Å². The van der Waals surface area contributed by atoms with Crippen molar-refractivity contribution in [2.45, 2.75) is 64.7 Å². The van der Waals surface area contributed by atoms with E-state index in [1.165, 1.54) is 44.9 Å². The van der Waals surface area contributed by atoms with Gasteiger partial charge in [-0.2, -0.15) is 0 Å². The molecule has 0 atom stereocenters. The molecule has 0 heterocycles. The Hall–Kier alpha value is -0.790. The Balaban J connectivity index is 3.03. The predicted octanol–water partition coefficient (Wildman–Crippen LogP) is 4.25. The van der Waals surface area contributed by atoms with Crippen LogP contribution in [0.5, 0.6) is 0 Å². The Labute approximate surface area is 100 Å². The van der Waals surface area contributed by atoms with Crippen molar-refractivity contribution < 1.29 is 9.53 Å². The zero-order chi connectivity index (χ0) is 12.1. The van der Waals surface area contributed by atoms with Crippen molar-refractivity contribution in [3.63, 3.8) is 0 Å². The van der Waals surface area contributed by atoms with Gasteiger partial charge in [-0.15, -0.1) is 6.58 Å². The highest BCUT2D eigenvalue weighted by atomic mass is 16.5. The SMILES string of the molecule is C=CCC(=O)OCCCCCCCCCC. The summed E-state index contributed by atoms with van der Waals surface area (Å²) in [6.45, 7) is 6.30. The van der Waals surface area contributed by atoms with E-state index in [0.717, 1.165) is 6.42 Å². The molecule has 2 heteroatoms. The zero-order valence-electron chi connectivity index (χ0n) is 10.7. The van der Waals surface area contributed by atoms with E-state index in [0.29, 0.717) is 13.0 Å². The first-order valence-electron chi connectivity index (χ1n) is 6.57. The van der Waals surface area contributed by atoms with E-state index in [2.05, 4.69) is 13.5 Å². The topological polar surface area (TPSA) is 26.3 Å². The summed E-state index contributed by atoms with van der Waals surface area (Å²) in [6.07, 6.45) is 12.0. The van der Waals surface area contributed by atoms with Gasteiger partial charge in [0.2, 0.25) is 0 Å². The van der Waals surface area contributed by atoms with Gasteiger partial charge in [0.15, 0.2) is 0 Å². The zero-order valence-corrected chi connectivity index (χ0v) is 10.7. The molecule has 0 N–H and O–H groups in total. The van der Waals surface area contributed by atoms with E-state index in [-0.39, 0.29) is 5.97 Å². The van der Waals surface area contributed by atoms with E-state index < -0.39 is 0 Å². The average Bonchev–Trinajstić information content (AvgIpc) is 2.27. The molecule has 0 saturated carbocycles. The molecule has 0 aromatic carbocycles. The second-order valence-corrected chi connectivity index (χ2v) is 4.19. The van der Waals surface area contributed by atoms with Crippen LogP contribution in [-0.4, -0.2) is 12.6 Å². The van der Waals surface area contributed by atoms with Gasteiger partial charge in [-0.25, -0.2) is 0 Å². The summed E-state index contributed by atoms with van der Waals surface area (Å²) in [5.41, 5.74) is 0. The Kier molecular flexibility index (Phi) is 11.7. The van der Waals surface area contributed by atoms with E-state index in [1.54, 1.807) is 6.08 Å². The van der Waals surface area contributed by atoms with Gasteiger partial charge < -0.3 is 4.74 Å². The van der Waals surface area contributed by atoms with Crippen LogP contribution in [0.4, 0.5) is 0 Å². The maximum atomic E-state index is 11.0. The minimum atomic E-state index is -0.155. The Bertz CT molecular complexity index is 176. The highest BCUT2D eigenvalue weighted by Crippen LogP contribution is 2.08. The number of carbonyl (C=O) groups excluding carboxylic acids is 1. The molecule has 0 aliphatic carbocycles. The monoisotopic (exact) mass is 226 g/mol. The van der Waals surface area contributed by atoms with Gasteiger partial charge in [0, 0.05) is 0 Å². The molecule has 0 spiro atoms. The predicted molar refractivity (Wildman–Crippen MR) is 68.4 cm³/mol. The van der Waals surface area contributed by atoms with Crippen molar-refractivity contribution in [1.82, 2.24) is 0 Å². The van der Waals surface area contributed by atoms with Crippen LogP contribution in [0.1, 0.15) is 64.7 Å². The van der Waals surface area contributed by atoms with Gasteiger partial charge in [0.1, 0.15) is 0 Å². The van der Waals surface area contributed by atoms with Crippen LogP contribution in [0.2, 0.25) is 0 Å². The van der Waals surface area contributed by atoms with Crippen LogP contribution in [0.3, 0.4) is 0 Å². The first kappa shape index (κ1) is 15.2. The van der Waals surface area contributed by atoms with Gasteiger partial charge in [0.05, 0.1) is 13.0 Å². The lowest BCUT2D eigenvalue weighted by atomic mass is 10.1. The van der Waals surface area contributed by atoms with Crippen molar-refractivity contribution >= 4 is 5.97 Å². The van der Waals surface area contributed by atoms with Gasteiger partial charge in [-0.05, 0) is 6.42 Å². The molecule has 0 radical (unpaired) electrons. The number of carbonyl (C=O) groups is 1. The molecule has 0 aromatic rings. The minimum Gasteiger partial charge on any atom is -0.465 e. The van der Waals surface area contributed by atoms with Gasteiger partial charge in [0.25, 0.3) is 0 Å². The fraction of sp³-hybridized carbons (Fsp3) is 0.786. The van der Waals surface area contributed by atoms with E-state index in [4.69, 9.17) is 4.74 Å². The normalized spacial score (nSPS) is 10.1. The molecule has 94 valence electrons. The standard InChI is InChI=1S/C14H26O2/c1-3-5-6-7-8-9-10-11-13-16-14(15)12-4-2/h4H,2-3,5-13H2,1H3. The maximum Gasteiger partial charge on any atom is 0.309 e. The minimum absolute atomic E-state index is 0.155. The van der Waals surface area contributed by atoms with Gasteiger partial charge in [-0.3, -0.25) is 4.79 Å². The van der Waals surface area contributed by atoms with Crippen molar-refractivity contribution in [1.29, 1.82) is 0 Å². The number of hydrogen-bond donors (Lipinski definition) is 0. The quantitative estimate of drug-likeness (QED) is 0.299. The molecule has 0 aliphatic rings. The number of unbranched alkanes of at least 4 members (excludes halogenated alkanes) is 7. The first-order chi connectivity index (χ1) is 7.81. The second kappa shape index (κ2) is 12.3. The van der Waals surface area contributed by atoms with Crippen molar-refractivity contribution in [3.8, 4) is 0 Å². The van der Waals surface area contributed by atoms with E-state index >= 15 is 0 Å². The number of rotatable bonds is 11. The number of hydrogen-bond acceptors (Lipinski definition) is 2. The fourth-order valence-electron chi connectivity index (χ4n) is 1.60. The molecular weight excluding hydrogens is 200 g/mol. The smallest absolute Gasteiger partial charge is 0.309 e. The van der Waals surface area contributed by atoms with Crippen LogP contribution in [-0.2, 0) is 9.53 Å². The summed E-state index contributed by atoms with van der Waals surface area (Å²) < 4.78 is 5.02. The summed E-state index contributed by atoms with van der Waals surface area (Å²) in [6, 6.07) is 0. The summed E-state index contributed by atoms with van der Waals surface area (Å²) in [5, 5.41) is 0. The molecule has 0 saturated heterocycles. The summed E-state index contributed by atoms with van der Waals surface area (Å²) in [5.74, 6) is -0.155. The Morgan fingerprint density at radius 3 is 2.19 bits per heavy atom. The lowest BCUT2D eigenvalue weighted by Crippen LogP contribution is -2.04. The lowest BCUT2D eigenvalue weighted by molar-refractivity contribution is -0.142. The Morgan fingerprint density at radius 2 is 1.62 bits per heavy atom. The first-order valence-corrected chi connectivity index (χ1v) is 6.57. The van der Waals surface area contributed by atoms with E-state index in [9.17, 15) is 4.79 Å². The second-order valence-electron chi connectivity index (χ2n) is 4.19. The number of esters is 1. The van der Waals surface area contributed by atoms with Gasteiger partial charge in [-0.1, -0.05) is 57.9 Å². The summed E-state index contributed by atoms with van der Waals surface area (Å²) in [4.78, 5) is 11.0. The van der Waals surface area contributed by atoms with Crippen molar-refractivity contribution in [3.05, 3.63) is 12.7 Å². The van der Waals surface area contributed by atoms with Crippen molar-refractivity contribution in [2.24, 2.45) is 0 Å². The molecule has 0 aromatic heterocycles. The molecule has 16 heavy (non-hydrogen) atoms. The van der Waals surface area contributed by atoms with Gasteiger partial charge >= 0.3 is 5.97 Å². The molecule has 0 fully saturated rings. The summed E-state index contributed by atoms with van der Waals surface area (Å²) >= 11 is 0. The molecular formula is C14H26O2. The van der Waals surface area contributed by atoms with Crippen LogP contribution in [0.15, 0.2) is 12.7 Å². The maximum absolute atomic E-state index is 11.0. The summed E-state index contributed by atoms with van der Waals surface area (Å²) in [7, 11) is 0. The third-order valence-electron chi connectivity index (χ3n) is 2.57. The van der Waals surface area contributed by atoms with Crippen molar-refractivity contribution in [2.75, 3.05) is 6.61 Å². The molecule has 0 rings (SSSR count). The Morgan fingerprint density at radius 1 is 1.06 bits per heavy atom. The third kappa shape index (κ3) is 11.3. The largest absolute Gasteiger partial charge is 0.465 e. The molecule has 0 amide bonds. The molecule has 2 nitrogen and oxygen atoms in total. The average molecular weight is 226 g/mol. The van der Waals surface area contributed by atoms with Crippen LogP contribution < -0.4 is 0 Å². The molecule has 0 unspecified atom stereocenters. The third-order valence-corrected chi connectivity index (χ3v) is 2.57.